The molecule has 188 valence electrons. The van der Waals surface area contributed by atoms with Gasteiger partial charge in [0.05, 0.1) is 11.4 Å². The fourth-order valence-electron chi connectivity index (χ4n) is 4.76. The molecule has 7 heteroatoms. The third kappa shape index (κ3) is 5.14. The highest BCUT2D eigenvalue weighted by atomic mass is 32.1. The highest BCUT2D eigenvalue weighted by Crippen LogP contribution is 2.36. The lowest BCUT2D eigenvalue weighted by Crippen LogP contribution is -2.32. The van der Waals surface area contributed by atoms with Crippen LogP contribution < -0.4 is 20.3 Å². The summed E-state index contributed by atoms with van der Waals surface area (Å²) in [5.41, 5.74) is 11.8. The summed E-state index contributed by atoms with van der Waals surface area (Å²) in [5, 5.41) is 9.63. The summed E-state index contributed by atoms with van der Waals surface area (Å²) >= 11 is 5.54. The van der Waals surface area contributed by atoms with E-state index in [0.717, 1.165) is 45.2 Å². The van der Waals surface area contributed by atoms with Crippen molar-refractivity contribution in [2.24, 2.45) is 10.2 Å². The molecule has 0 amide bonds. The van der Waals surface area contributed by atoms with Crippen molar-refractivity contribution in [1.29, 1.82) is 0 Å². The first kappa shape index (κ1) is 23.9. The topological polar surface area (TPSA) is 67.2 Å². The summed E-state index contributed by atoms with van der Waals surface area (Å²) in [4.78, 5) is 0. The van der Waals surface area contributed by atoms with Gasteiger partial charge in [0.1, 0.15) is 23.7 Å². The van der Waals surface area contributed by atoms with Crippen LogP contribution in [0.15, 0.2) is 119 Å². The molecule has 38 heavy (non-hydrogen) atoms. The third-order valence-electron chi connectivity index (χ3n) is 6.62. The van der Waals surface area contributed by atoms with Gasteiger partial charge in [-0.1, -0.05) is 84.9 Å². The Morgan fingerprint density at radius 2 is 0.974 bits per heavy atom. The molecule has 0 spiro atoms. The molecular weight excluding hydrogens is 492 g/mol. The largest absolute Gasteiger partial charge is 0.485 e. The lowest BCUT2D eigenvalue weighted by molar-refractivity contribution is 0.206. The van der Waals surface area contributed by atoms with E-state index in [0.29, 0.717) is 18.0 Å². The maximum Gasteiger partial charge on any atom is 0.207 e. The van der Waals surface area contributed by atoms with Crippen molar-refractivity contribution in [1.82, 2.24) is 10.9 Å². The zero-order chi connectivity index (χ0) is 25.7. The summed E-state index contributed by atoms with van der Waals surface area (Å²) in [6.07, 6.45) is 0.993. The van der Waals surface area contributed by atoms with Crippen molar-refractivity contribution in [2.75, 3.05) is 0 Å². The van der Waals surface area contributed by atoms with E-state index >= 15 is 0 Å². The number of hydrogen-bond donors (Lipinski definition) is 2. The zero-order valence-corrected chi connectivity index (χ0v) is 21.4. The summed E-state index contributed by atoms with van der Waals surface area (Å²) in [7, 11) is 0. The smallest absolute Gasteiger partial charge is 0.207 e. The molecular formula is C31H26N4O2S. The summed E-state index contributed by atoms with van der Waals surface area (Å²) in [5.74, 6) is 1.61. The van der Waals surface area contributed by atoms with Crippen LogP contribution in [0.3, 0.4) is 0 Å². The Bertz CT molecular complexity index is 1390. The molecule has 4 aromatic rings. The number of thiocarbonyl (C=S) groups is 1. The number of ether oxygens (including phenoxy) is 2. The second-order valence-corrected chi connectivity index (χ2v) is 9.51. The van der Waals surface area contributed by atoms with E-state index in [1.807, 2.05) is 84.9 Å². The predicted molar refractivity (Wildman–Crippen MR) is 154 cm³/mol. The second kappa shape index (κ2) is 10.9. The first-order valence-corrected chi connectivity index (χ1v) is 13.0. The Labute approximate surface area is 227 Å². The Morgan fingerprint density at radius 1 is 0.579 bits per heavy atom. The standard InChI is InChI=1S/C31H26N4O2S/c38-31(34-32-25-19-29(21-11-3-1-4-12-21)36-27-17-9-7-15-23(25)27)35-33-26-20-30(22-13-5-2-6-14-22)37-28-18-10-8-16-24(26)28/h1-18,29-30H,19-20H2,(H2,34,35,38)/b32-25-,33-26+. The summed E-state index contributed by atoms with van der Waals surface area (Å²) in [6, 6.07) is 36.2. The van der Waals surface area contributed by atoms with Crippen LogP contribution in [0, 0.1) is 0 Å². The van der Waals surface area contributed by atoms with Crippen molar-refractivity contribution in [3.05, 3.63) is 131 Å². The lowest BCUT2D eigenvalue weighted by atomic mass is 9.96. The van der Waals surface area contributed by atoms with Gasteiger partial charge in [0.2, 0.25) is 5.11 Å². The van der Waals surface area contributed by atoms with Crippen LogP contribution >= 0.6 is 12.2 Å². The van der Waals surface area contributed by atoms with Gasteiger partial charge in [-0.2, -0.15) is 10.2 Å². The average molecular weight is 519 g/mol. The van der Waals surface area contributed by atoms with Gasteiger partial charge in [-0.05, 0) is 47.6 Å². The van der Waals surface area contributed by atoms with Crippen molar-refractivity contribution < 1.29 is 9.47 Å². The molecule has 2 atom stereocenters. The van der Waals surface area contributed by atoms with Crippen molar-refractivity contribution in [3.63, 3.8) is 0 Å². The van der Waals surface area contributed by atoms with Gasteiger partial charge in [-0.3, -0.25) is 10.9 Å². The molecule has 0 aromatic heterocycles. The van der Waals surface area contributed by atoms with Crippen LogP contribution in [0.2, 0.25) is 0 Å². The number of nitrogens with zero attached hydrogens (tertiary/aromatic N) is 2. The van der Waals surface area contributed by atoms with Crippen LogP contribution in [0.25, 0.3) is 0 Å². The molecule has 0 saturated heterocycles. The highest BCUT2D eigenvalue weighted by molar-refractivity contribution is 7.80. The predicted octanol–water partition coefficient (Wildman–Crippen LogP) is 6.31. The number of para-hydroxylation sites is 2. The monoisotopic (exact) mass is 518 g/mol. The molecule has 2 aliphatic heterocycles. The second-order valence-electron chi connectivity index (χ2n) is 9.10. The van der Waals surface area contributed by atoms with Gasteiger partial charge < -0.3 is 9.47 Å². The summed E-state index contributed by atoms with van der Waals surface area (Å²) < 4.78 is 12.5. The molecule has 0 aliphatic carbocycles. The normalized spacial score (nSPS) is 20.0. The number of fused-ring (bicyclic) bond motifs is 2. The SMILES string of the molecule is S=C(N/N=C1/CC(c2ccccc2)Oc2ccccc21)N/N=C1\CC(c2ccccc2)Oc2ccccc21. The van der Waals surface area contributed by atoms with Crippen LogP contribution in [-0.4, -0.2) is 16.5 Å². The molecule has 2 aliphatic rings. The molecule has 0 bridgehead atoms. The van der Waals surface area contributed by atoms with Crippen LogP contribution in [0.4, 0.5) is 0 Å². The van der Waals surface area contributed by atoms with Crippen LogP contribution in [0.5, 0.6) is 11.5 Å². The minimum absolute atomic E-state index is 0.123. The van der Waals surface area contributed by atoms with Gasteiger partial charge in [-0.15, -0.1) is 0 Å². The number of hydrazone groups is 2. The van der Waals surface area contributed by atoms with E-state index < -0.39 is 0 Å². The van der Waals surface area contributed by atoms with E-state index in [1.54, 1.807) is 0 Å². The van der Waals surface area contributed by atoms with Crippen LogP contribution in [0.1, 0.15) is 47.3 Å². The minimum Gasteiger partial charge on any atom is -0.485 e. The maximum atomic E-state index is 6.27. The molecule has 2 N–H and O–H groups in total. The average Bonchev–Trinajstić information content (AvgIpc) is 2.99. The molecule has 0 radical (unpaired) electrons. The Morgan fingerprint density at radius 3 is 1.42 bits per heavy atom. The van der Waals surface area contributed by atoms with Crippen molar-refractivity contribution in [3.8, 4) is 11.5 Å². The number of hydrogen-bond acceptors (Lipinski definition) is 5. The molecule has 6 nitrogen and oxygen atoms in total. The highest BCUT2D eigenvalue weighted by Gasteiger charge is 2.27. The van der Waals surface area contributed by atoms with Crippen molar-refractivity contribution in [2.45, 2.75) is 25.0 Å². The first-order valence-electron chi connectivity index (χ1n) is 12.6. The van der Waals surface area contributed by atoms with E-state index in [1.165, 1.54) is 0 Å². The Hall–Kier alpha value is -4.49. The maximum absolute atomic E-state index is 6.27. The summed E-state index contributed by atoms with van der Waals surface area (Å²) in [6.45, 7) is 0. The molecule has 2 heterocycles. The van der Waals surface area contributed by atoms with Gasteiger partial charge in [-0.25, -0.2) is 0 Å². The van der Waals surface area contributed by atoms with Gasteiger partial charge in [0.25, 0.3) is 0 Å². The van der Waals surface area contributed by atoms with E-state index in [4.69, 9.17) is 21.7 Å². The number of nitrogens with one attached hydrogen (secondary N) is 2. The fourth-order valence-corrected chi connectivity index (χ4v) is 4.85. The zero-order valence-electron chi connectivity index (χ0n) is 20.6. The first-order chi connectivity index (χ1) is 18.7. The van der Waals surface area contributed by atoms with E-state index in [-0.39, 0.29) is 12.2 Å². The Balaban J connectivity index is 1.20. The lowest BCUT2D eigenvalue weighted by Gasteiger charge is -2.28. The van der Waals surface area contributed by atoms with Gasteiger partial charge in [0, 0.05) is 24.0 Å². The minimum atomic E-state index is -0.123. The van der Waals surface area contributed by atoms with Crippen LogP contribution in [-0.2, 0) is 0 Å². The molecule has 6 rings (SSSR count). The number of rotatable bonds is 4. The Kier molecular flexibility index (Phi) is 6.83. The van der Waals surface area contributed by atoms with E-state index in [2.05, 4.69) is 45.3 Å². The molecule has 4 aromatic carbocycles. The third-order valence-corrected chi connectivity index (χ3v) is 6.80. The van der Waals surface area contributed by atoms with Gasteiger partial charge in [0.15, 0.2) is 0 Å². The molecule has 2 unspecified atom stereocenters. The van der Waals surface area contributed by atoms with E-state index in [9.17, 15) is 0 Å². The molecule has 0 saturated carbocycles. The molecule has 0 fully saturated rings. The van der Waals surface area contributed by atoms with Crippen molar-refractivity contribution >= 4 is 28.8 Å². The fraction of sp³-hybridized carbons (Fsp3) is 0.129. The number of benzene rings is 4. The quantitative estimate of drug-likeness (QED) is 0.245. The van der Waals surface area contributed by atoms with Gasteiger partial charge >= 0.3 is 0 Å².